The van der Waals surface area contributed by atoms with Crippen molar-refractivity contribution >= 4 is 11.8 Å². The van der Waals surface area contributed by atoms with Crippen molar-refractivity contribution in [2.24, 2.45) is 0 Å². The van der Waals surface area contributed by atoms with E-state index in [1.165, 1.54) is 0 Å². The van der Waals surface area contributed by atoms with E-state index in [1.54, 1.807) is 7.11 Å². The van der Waals surface area contributed by atoms with E-state index in [1.807, 2.05) is 24.3 Å². The van der Waals surface area contributed by atoms with Crippen molar-refractivity contribution < 1.29 is 19.1 Å². The Kier molecular flexibility index (Phi) is 4.95. The van der Waals surface area contributed by atoms with Crippen LogP contribution in [0.3, 0.4) is 0 Å². The molecule has 1 fully saturated rings. The van der Waals surface area contributed by atoms with Gasteiger partial charge in [0.15, 0.2) is 11.5 Å². The molecule has 2 rings (SSSR count). The van der Waals surface area contributed by atoms with Gasteiger partial charge in [0.25, 0.3) is 0 Å². The number of piperidine rings is 1. The number of rotatable bonds is 6. The molecular formula is C14H18N2O4. The van der Waals surface area contributed by atoms with Crippen molar-refractivity contribution in [2.75, 3.05) is 20.3 Å². The van der Waals surface area contributed by atoms with E-state index in [0.717, 1.165) is 0 Å². The third-order valence-corrected chi connectivity index (χ3v) is 3.06. The number of ether oxygens (including phenoxy) is 2. The molecule has 1 saturated heterocycles. The lowest BCUT2D eigenvalue weighted by Gasteiger charge is -2.21. The van der Waals surface area contributed by atoms with Crippen LogP contribution in [-0.2, 0) is 9.59 Å². The van der Waals surface area contributed by atoms with Crippen LogP contribution in [0, 0.1) is 0 Å². The monoisotopic (exact) mass is 278 g/mol. The molecule has 6 heteroatoms. The maximum Gasteiger partial charge on any atom is 0.243 e. The largest absolute Gasteiger partial charge is 0.493 e. The number of amides is 2. The Morgan fingerprint density at radius 3 is 2.75 bits per heavy atom. The molecule has 0 radical (unpaired) electrons. The standard InChI is InChI=1S/C14H18N2O4/c1-19-11-4-2-3-5-12(11)20-9-8-15-10-6-7-13(17)16-14(10)18/h2-5,10,15H,6-9H2,1H3,(H,16,17,18). The van der Waals surface area contributed by atoms with Crippen LogP contribution < -0.4 is 20.1 Å². The Morgan fingerprint density at radius 2 is 2.05 bits per heavy atom. The molecule has 0 spiro atoms. The lowest BCUT2D eigenvalue weighted by molar-refractivity contribution is -0.134. The Morgan fingerprint density at radius 1 is 1.30 bits per heavy atom. The summed E-state index contributed by atoms with van der Waals surface area (Å²) in [6, 6.07) is 7.06. The molecule has 0 aliphatic carbocycles. The summed E-state index contributed by atoms with van der Waals surface area (Å²) in [4.78, 5) is 22.5. The number of nitrogens with one attached hydrogen (secondary N) is 2. The normalized spacial score (nSPS) is 18.6. The average Bonchev–Trinajstić information content (AvgIpc) is 2.46. The zero-order valence-corrected chi connectivity index (χ0v) is 11.3. The Hall–Kier alpha value is -2.08. The zero-order valence-electron chi connectivity index (χ0n) is 11.3. The fourth-order valence-electron chi connectivity index (χ4n) is 2.02. The van der Waals surface area contributed by atoms with Gasteiger partial charge in [0.05, 0.1) is 13.2 Å². The second-order valence-corrected chi connectivity index (χ2v) is 4.46. The summed E-state index contributed by atoms with van der Waals surface area (Å²) in [7, 11) is 1.59. The summed E-state index contributed by atoms with van der Waals surface area (Å²) in [5.74, 6) is 0.866. The molecule has 0 saturated carbocycles. The van der Waals surface area contributed by atoms with Crippen molar-refractivity contribution in [1.29, 1.82) is 0 Å². The van der Waals surface area contributed by atoms with Gasteiger partial charge in [-0.1, -0.05) is 12.1 Å². The highest BCUT2D eigenvalue weighted by Gasteiger charge is 2.25. The maximum atomic E-state index is 11.5. The molecule has 2 amide bonds. The van der Waals surface area contributed by atoms with Gasteiger partial charge in [-0.15, -0.1) is 0 Å². The third kappa shape index (κ3) is 3.71. The molecule has 20 heavy (non-hydrogen) atoms. The third-order valence-electron chi connectivity index (χ3n) is 3.06. The van der Waals surface area contributed by atoms with Gasteiger partial charge in [-0.2, -0.15) is 0 Å². The molecule has 1 aliphatic rings. The predicted molar refractivity (Wildman–Crippen MR) is 72.7 cm³/mol. The van der Waals surface area contributed by atoms with Crippen molar-refractivity contribution in [2.45, 2.75) is 18.9 Å². The van der Waals surface area contributed by atoms with Gasteiger partial charge in [0.1, 0.15) is 6.61 Å². The molecule has 2 N–H and O–H groups in total. The SMILES string of the molecule is COc1ccccc1OCCNC1CCC(=O)NC1=O. The fraction of sp³-hybridized carbons (Fsp3) is 0.429. The smallest absolute Gasteiger partial charge is 0.243 e. The van der Waals surface area contributed by atoms with Gasteiger partial charge < -0.3 is 14.8 Å². The molecule has 0 aromatic heterocycles. The summed E-state index contributed by atoms with van der Waals surface area (Å²) < 4.78 is 10.8. The number of hydrogen-bond acceptors (Lipinski definition) is 5. The van der Waals surface area contributed by atoms with Crippen LogP contribution >= 0.6 is 0 Å². The minimum Gasteiger partial charge on any atom is -0.493 e. The first kappa shape index (κ1) is 14.3. The Labute approximate surface area is 117 Å². The van der Waals surface area contributed by atoms with Crippen LogP contribution in [0.15, 0.2) is 24.3 Å². The van der Waals surface area contributed by atoms with E-state index in [9.17, 15) is 9.59 Å². The minimum atomic E-state index is -0.325. The van der Waals surface area contributed by atoms with Gasteiger partial charge >= 0.3 is 0 Å². The summed E-state index contributed by atoms with van der Waals surface area (Å²) in [6.07, 6.45) is 0.899. The molecule has 1 unspecified atom stereocenters. The van der Waals surface area contributed by atoms with Gasteiger partial charge in [0.2, 0.25) is 11.8 Å². The maximum absolute atomic E-state index is 11.5. The second kappa shape index (κ2) is 6.91. The minimum absolute atomic E-state index is 0.210. The van der Waals surface area contributed by atoms with Crippen LogP contribution in [-0.4, -0.2) is 38.1 Å². The molecule has 1 atom stereocenters. The topological polar surface area (TPSA) is 76.7 Å². The van der Waals surface area contributed by atoms with Gasteiger partial charge in [-0.05, 0) is 18.6 Å². The first-order chi connectivity index (χ1) is 9.70. The number of benzene rings is 1. The molecule has 1 aliphatic heterocycles. The van der Waals surface area contributed by atoms with Crippen LogP contribution in [0.2, 0.25) is 0 Å². The van der Waals surface area contributed by atoms with E-state index in [4.69, 9.17) is 9.47 Å². The van der Waals surface area contributed by atoms with E-state index >= 15 is 0 Å². The van der Waals surface area contributed by atoms with Crippen LogP contribution in [0.4, 0.5) is 0 Å². The van der Waals surface area contributed by atoms with Crippen molar-refractivity contribution in [3.05, 3.63) is 24.3 Å². The van der Waals surface area contributed by atoms with Crippen molar-refractivity contribution in [1.82, 2.24) is 10.6 Å². The molecule has 1 aromatic carbocycles. The highest BCUT2D eigenvalue weighted by atomic mass is 16.5. The summed E-state index contributed by atoms with van der Waals surface area (Å²) in [5, 5.41) is 5.37. The number of imide groups is 1. The predicted octanol–water partition coefficient (Wildman–Crippen LogP) is 0.469. The number of carbonyl (C=O) groups excluding carboxylic acids is 2. The molecular weight excluding hydrogens is 260 g/mol. The molecule has 1 heterocycles. The number of methoxy groups -OCH3 is 1. The lowest BCUT2D eigenvalue weighted by atomic mass is 10.1. The lowest BCUT2D eigenvalue weighted by Crippen LogP contribution is -2.51. The first-order valence-corrected chi connectivity index (χ1v) is 6.53. The molecule has 108 valence electrons. The van der Waals surface area contributed by atoms with Crippen molar-refractivity contribution in [3.63, 3.8) is 0 Å². The number of carbonyl (C=O) groups is 2. The van der Waals surface area contributed by atoms with Crippen LogP contribution in [0.1, 0.15) is 12.8 Å². The van der Waals surface area contributed by atoms with Crippen LogP contribution in [0.5, 0.6) is 11.5 Å². The fourth-order valence-corrected chi connectivity index (χ4v) is 2.02. The highest BCUT2D eigenvalue weighted by Crippen LogP contribution is 2.25. The summed E-state index contributed by atoms with van der Waals surface area (Å²) >= 11 is 0. The van der Waals surface area contributed by atoms with E-state index < -0.39 is 0 Å². The quantitative estimate of drug-likeness (QED) is 0.584. The summed E-state index contributed by atoms with van der Waals surface area (Å²) in [5.41, 5.74) is 0. The average molecular weight is 278 g/mol. The summed E-state index contributed by atoms with van der Waals surface area (Å²) in [6.45, 7) is 0.933. The van der Waals surface area contributed by atoms with Gasteiger partial charge in [0, 0.05) is 13.0 Å². The molecule has 6 nitrogen and oxygen atoms in total. The Bertz CT molecular complexity index is 490. The van der Waals surface area contributed by atoms with Crippen molar-refractivity contribution in [3.8, 4) is 11.5 Å². The van der Waals surface area contributed by atoms with Gasteiger partial charge in [-0.3, -0.25) is 14.9 Å². The zero-order chi connectivity index (χ0) is 14.4. The van der Waals surface area contributed by atoms with Crippen LogP contribution in [0.25, 0.3) is 0 Å². The number of hydrogen-bond donors (Lipinski definition) is 2. The van der Waals surface area contributed by atoms with E-state index in [0.29, 0.717) is 37.5 Å². The second-order valence-electron chi connectivity index (χ2n) is 4.46. The van der Waals surface area contributed by atoms with Gasteiger partial charge in [-0.25, -0.2) is 0 Å². The Balaban J connectivity index is 1.74. The highest BCUT2D eigenvalue weighted by molar-refractivity contribution is 6.00. The molecule has 0 bridgehead atoms. The number of para-hydroxylation sites is 2. The molecule has 1 aromatic rings. The van der Waals surface area contributed by atoms with E-state index in [2.05, 4.69) is 10.6 Å². The van der Waals surface area contributed by atoms with E-state index in [-0.39, 0.29) is 17.9 Å². The first-order valence-electron chi connectivity index (χ1n) is 6.53.